The average Bonchev–Trinajstić information content (AvgIpc) is 2.73. The number of aromatic carboxylic acids is 1. The van der Waals surface area contributed by atoms with Crippen LogP contribution in [0.15, 0.2) is 12.3 Å². The fourth-order valence-corrected chi connectivity index (χ4v) is 1.80. The fraction of sp³-hybridized carbons (Fsp3) is 0.364. The van der Waals surface area contributed by atoms with E-state index in [0.29, 0.717) is 18.8 Å². The zero-order valence-electron chi connectivity index (χ0n) is 9.64. The lowest BCUT2D eigenvalue weighted by Crippen LogP contribution is -2.32. The molecular weight excluding hydrogens is 236 g/mol. The number of hydrogen-bond donors (Lipinski definition) is 4. The second kappa shape index (κ2) is 4.91. The predicted molar refractivity (Wildman–Crippen MR) is 65.3 cm³/mol. The number of pyridine rings is 1. The average molecular weight is 250 g/mol. The van der Waals surface area contributed by atoms with Gasteiger partial charge in [-0.15, -0.1) is 0 Å². The summed E-state index contributed by atoms with van der Waals surface area (Å²) in [6.07, 6.45) is 2.56. The van der Waals surface area contributed by atoms with Crippen molar-refractivity contribution in [2.24, 2.45) is 0 Å². The first kappa shape index (κ1) is 12.2. The van der Waals surface area contributed by atoms with Gasteiger partial charge in [0.2, 0.25) is 5.91 Å². The van der Waals surface area contributed by atoms with E-state index in [1.807, 2.05) is 0 Å². The highest BCUT2D eigenvalue weighted by Crippen LogP contribution is 2.17. The topological polar surface area (TPSA) is 117 Å². The van der Waals surface area contributed by atoms with Crippen molar-refractivity contribution in [3.05, 3.63) is 17.8 Å². The van der Waals surface area contributed by atoms with Gasteiger partial charge in [-0.25, -0.2) is 9.78 Å². The number of carboxylic acid groups (broad SMARTS) is 1. The van der Waals surface area contributed by atoms with Gasteiger partial charge < -0.3 is 21.5 Å². The summed E-state index contributed by atoms with van der Waals surface area (Å²) in [7, 11) is 0. The third-order valence-electron chi connectivity index (χ3n) is 2.77. The maximum Gasteiger partial charge on any atom is 0.337 e. The number of rotatable bonds is 4. The van der Waals surface area contributed by atoms with Crippen LogP contribution in [-0.4, -0.2) is 34.6 Å². The maximum atomic E-state index is 11.0. The Kier molecular flexibility index (Phi) is 3.31. The molecule has 1 unspecified atom stereocenters. The Bertz CT molecular complexity index is 489. The molecule has 2 heterocycles. The van der Waals surface area contributed by atoms with Crippen LogP contribution in [0, 0.1) is 0 Å². The molecule has 0 aromatic carbocycles. The summed E-state index contributed by atoms with van der Waals surface area (Å²) in [4.78, 5) is 25.7. The van der Waals surface area contributed by atoms with E-state index in [-0.39, 0.29) is 23.2 Å². The van der Waals surface area contributed by atoms with E-state index < -0.39 is 5.97 Å². The number of carboxylic acids is 1. The lowest BCUT2D eigenvalue weighted by atomic mass is 10.2. The number of nitrogens with one attached hydrogen (secondary N) is 2. The SMILES string of the molecule is Nc1cc(C(=O)O)cnc1NCC1CCC(=O)N1. The van der Waals surface area contributed by atoms with E-state index in [2.05, 4.69) is 15.6 Å². The molecule has 1 aliphatic heterocycles. The van der Waals surface area contributed by atoms with Crippen molar-refractivity contribution in [2.75, 3.05) is 17.6 Å². The van der Waals surface area contributed by atoms with E-state index in [0.717, 1.165) is 6.42 Å². The van der Waals surface area contributed by atoms with Crippen LogP contribution in [0.1, 0.15) is 23.2 Å². The number of aromatic nitrogens is 1. The van der Waals surface area contributed by atoms with Crippen molar-refractivity contribution in [2.45, 2.75) is 18.9 Å². The summed E-state index contributed by atoms with van der Waals surface area (Å²) in [5, 5.41) is 14.6. The Balaban J connectivity index is 1.97. The number of hydrogen-bond acceptors (Lipinski definition) is 5. The molecule has 0 bridgehead atoms. The van der Waals surface area contributed by atoms with Gasteiger partial charge in [-0.05, 0) is 12.5 Å². The van der Waals surface area contributed by atoms with Crippen LogP contribution in [0.5, 0.6) is 0 Å². The molecule has 1 aromatic heterocycles. The molecule has 1 aromatic rings. The highest BCUT2D eigenvalue weighted by molar-refractivity contribution is 5.89. The van der Waals surface area contributed by atoms with Crippen LogP contribution in [0.3, 0.4) is 0 Å². The molecular formula is C11H14N4O3. The Morgan fingerprint density at radius 1 is 1.67 bits per heavy atom. The number of carbonyl (C=O) groups excluding carboxylic acids is 1. The van der Waals surface area contributed by atoms with Crippen LogP contribution in [0.4, 0.5) is 11.5 Å². The van der Waals surface area contributed by atoms with Gasteiger partial charge >= 0.3 is 5.97 Å². The quantitative estimate of drug-likeness (QED) is 0.600. The molecule has 1 saturated heterocycles. The number of anilines is 2. The highest BCUT2D eigenvalue weighted by Gasteiger charge is 2.20. The Morgan fingerprint density at radius 2 is 2.44 bits per heavy atom. The second-order valence-electron chi connectivity index (χ2n) is 4.15. The lowest BCUT2D eigenvalue weighted by molar-refractivity contribution is -0.119. The van der Waals surface area contributed by atoms with E-state index in [4.69, 9.17) is 10.8 Å². The summed E-state index contributed by atoms with van der Waals surface area (Å²) in [5.74, 6) is -0.589. The molecule has 7 nitrogen and oxygen atoms in total. The normalized spacial score (nSPS) is 18.4. The van der Waals surface area contributed by atoms with Gasteiger partial charge in [0.25, 0.3) is 0 Å². The fourth-order valence-electron chi connectivity index (χ4n) is 1.80. The molecule has 18 heavy (non-hydrogen) atoms. The van der Waals surface area contributed by atoms with Crippen molar-refractivity contribution in [3.63, 3.8) is 0 Å². The number of carbonyl (C=O) groups is 2. The number of nitrogens with zero attached hydrogens (tertiary/aromatic N) is 1. The summed E-state index contributed by atoms with van der Waals surface area (Å²) < 4.78 is 0. The first-order chi connectivity index (χ1) is 8.56. The zero-order chi connectivity index (χ0) is 13.1. The third kappa shape index (κ3) is 2.68. The van der Waals surface area contributed by atoms with Gasteiger partial charge in [-0.1, -0.05) is 0 Å². The van der Waals surface area contributed by atoms with Crippen molar-refractivity contribution >= 4 is 23.4 Å². The van der Waals surface area contributed by atoms with Crippen molar-refractivity contribution in [1.29, 1.82) is 0 Å². The van der Waals surface area contributed by atoms with Gasteiger partial charge in [0.1, 0.15) is 5.82 Å². The minimum Gasteiger partial charge on any atom is -0.478 e. The van der Waals surface area contributed by atoms with Gasteiger partial charge in [-0.2, -0.15) is 0 Å². The molecule has 0 radical (unpaired) electrons. The zero-order valence-corrected chi connectivity index (χ0v) is 9.64. The van der Waals surface area contributed by atoms with Gasteiger partial charge in [0, 0.05) is 25.2 Å². The Labute approximate surface area is 103 Å². The molecule has 7 heteroatoms. The van der Waals surface area contributed by atoms with E-state index in [1.54, 1.807) is 0 Å². The van der Waals surface area contributed by atoms with Crippen molar-refractivity contribution < 1.29 is 14.7 Å². The molecule has 0 spiro atoms. The number of nitrogen functional groups attached to an aromatic ring is 1. The molecule has 0 aliphatic carbocycles. The van der Waals surface area contributed by atoms with E-state index in [1.165, 1.54) is 12.3 Å². The first-order valence-corrected chi connectivity index (χ1v) is 5.58. The standard InChI is InChI=1S/C11H14N4O3/c12-8-3-6(11(17)18)4-13-10(8)14-5-7-1-2-9(16)15-7/h3-4,7H,1-2,5,12H2,(H,13,14)(H,15,16)(H,17,18). The maximum absolute atomic E-state index is 11.0. The molecule has 1 amide bonds. The minimum absolute atomic E-state index is 0.0453. The molecule has 1 aliphatic rings. The van der Waals surface area contributed by atoms with Crippen molar-refractivity contribution in [3.8, 4) is 0 Å². The number of amides is 1. The smallest absolute Gasteiger partial charge is 0.337 e. The monoisotopic (exact) mass is 250 g/mol. The van der Waals surface area contributed by atoms with Gasteiger partial charge in [-0.3, -0.25) is 4.79 Å². The van der Waals surface area contributed by atoms with Crippen LogP contribution in [0.2, 0.25) is 0 Å². The van der Waals surface area contributed by atoms with Crippen LogP contribution >= 0.6 is 0 Å². The molecule has 1 fully saturated rings. The van der Waals surface area contributed by atoms with Gasteiger partial charge in [0.15, 0.2) is 0 Å². The molecule has 5 N–H and O–H groups in total. The third-order valence-corrected chi connectivity index (χ3v) is 2.77. The summed E-state index contributed by atoms with van der Waals surface area (Å²) in [5.41, 5.74) is 6.02. The second-order valence-corrected chi connectivity index (χ2v) is 4.15. The minimum atomic E-state index is -1.07. The molecule has 96 valence electrons. The summed E-state index contributed by atoms with van der Waals surface area (Å²) >= 11 is 0. The van der Waals surface area contributed by atoms with E-state index in [9.17, 15) is 9.59 Å². The van der Waals surface area contributed by atoms with E-state index >= 15 is 0 Å². The first-order valence-electron chi connectivity index (χ1n) is 5.58. The highest BCUT2D eigenvalue weighted by atomic mass is 16.4. The number of nitrogens with two attached hydrogens (primary N) is 1. The van der Waals surface area contributed by atoms with Crippen LogP contribution in [0.25, 0.3) is 0 Å². The lowest BCUT2D eigenvalue weighted by Gasteiger charge is -2.13. The molecule has 0 saturated carbocycles. The Hall–Kier alpha value is -2.31. The predicted octanol–water partition coefficient (Wildman–Crippen LogP) is 0.0525. The molecule has 1 atom stereocenters. The van der Waals surface area contributed by atoms with Gasteiger partial charge in [0.05, 0.1) is 11.3 Å². The van der Waals surface area contributed by atoms with Crippen molar-refractivity contribution in [1.82, 2.24) is 10.3 Å². The summed E-state index contributed by atoms with van der Waals surface area (Å²) in [6.45, 7) is 0.523. The largest absolute Gasteiger partial charge is 0.478 e. The Morgan fingerprint density at radius 3 is 3.00 bits per heavy atom. The molecule has 2 rings (SSSR count). The van der Waals surface area contributed by atoms with Crippen LogP contribution in [-0.2, 0) is 4.79 Å². The summed E-state index contributed by atoms with van der Waals surface area (Å²) in [6, 6.07) is 1.42. The van der Waals surface area contributed by atoms with Crippen LogP contribution < -0.4 is 16.4 Å².